The number of aromatic nitrogens is 3. The summed E-state index contributed by atoms with van der Waals surface area (Å²) in [5, 5.41) is 5.23. The molecule has 1 fully saturated rings. The van der Waals surface area contributed by atoms with Crippen molar-refractivity contribution in [1.29, 1.82) is 0 Å². The molecule has 162 valence electrons. The summed E-state index contributed by atoms with van der Waals surface area (Å²) in [6.07, 6.45) is 7.93. The molecule has 2 aromatic heterocycles. The Labute approximate surface area is 184 Å². The fourth-order valence-electron chi connectivity index (χ4n) is 3.63. The molecule has 1 amide bonds. The molecule has 1 unspecified atom stereocenters. The third-order valence-electron chi connectivity index (χ3n) is 5.33. The Bertz CT molecular complexity index is 1100. The minimum absolute atomic E-state index is 0.0306. The zero-order valence-corrected chi connectivity index (χ0v) is 18.3. The monoisotopic (exact) mass is 458 g/mol. The molecule has 31 heavy (non-hydrogen) atoms. The van der Waals surface area contributed by atoms with Crippen LogP contribution >= 0.6 is 11.3 Å². The topological polar surface area (TPSA) is 111 Å². The predicted octanol–water partition coefficient (Wildman–Crippen LogP) is 3.30. The summed E-state index contributed by atoms with van der Waals surface area (Å²) in [6, 6.07) is 6.49. The Morgan fingerprint density at radius 3 is 2.48 bits per heavy atom. The van der Waals surface area contributed by atoms with Gasteiger partial charge in [-0.25, -0.2) is 23.4 Å². The minimum Gasteiger partial charge on any atom is -0.381 e. The van der Waals surface area contributed by atoms with Gasteiger partial charge in [-0.3, -0.25) is 4.79 Å². The number of nitrogens with one attached hydrogen (secondary N) is 1. The highest BCUT2D eigenvalue weighted by atomic mass is 32.2. The number of hydrogen-bond donors (Lipinski definition) is 1. The summed E-state index contributed by atoms with van der Waals surface area (Å²) in [5.41, 5.74) is 0.767. The highest BCUT2D eigenvalue weighted by Crippen LogP contribution is 2.32. The zero-order valence-electron chi connectivity index (χ0n) is 16.7. The van der Waals surface area contributed by atoms with E-state index in [4.69, 9.17) is 4.74 Å². The van der Waals surface area contributed by atoms with Gasteiger partial charge < -0.3 is 10.1 Å². The molecule has 1 aliphatic heterocycles. The number of amides is 1. The van der Waals surface area contributed by atoms with Gasteiger partial charge in [-0.15, -0.1) is 11.3 Å². The van der Waals surface area contributed by atoms with Crippen LogP contribution in [-0.2, 0) is 19.4 Å². The summed E-state index contributed by atoms with van der Waals surface area (Å²) >= 11 is 1.36. The number of anilines is 1. The largest absolute Gasteiger partial charge is 0.381 e. The third-order valence-corrected chi connectivity index (χ3v) is 7.74. The predicted molar refractivity (Wildman–Crippen MR) is 116 cm³/mol. The van der Waals surface area contributed by atoms with Crippen molar-refractivity contribution in [3.63, 3.8) is 0 Å². The van der Waals surface area contributed by atoms with Crippen molar-refractivity contribution in [2.24, 2.45) is 5.92 Å². The number of thiazole rings is 1. The summed E-state index contributed by atoms with van der Waals surface area (Å²) in [6.45, 7) is 1.39. The first-order valence-electron chi connectivity index (χ1n) is 9.92. The normalized spacial score (nSPS) is 16.0. The Morgan fingerprint density at radius 1 is 1.13 bits per heavy atom. The Morgan fingerprint density at radius 2 is 1.84 bits per heavy atom. The van der Waals surface area contributed by atoms with E-state index < -0.39 is 15.8 Å². The maximum absolute atomic E-state index is 13.1. The second-order valence-corrected chi connectivity index (χ2v) is 10.2. The molecule has 0 aliphatic carbocycles. The second kappa shape index (κ2) is 9.63. The van der Waals surface area contributed by atoms with Crippen molar-refractivity contribution in [2.75, 3.05) is 18.5 Å². The van der Waals surface area contributed by atoms with Crippen LogP contribution in [0.1, 0.15) is 30.7 Å². The molecule has 3 aromatic rings. The Kier molecular flexibility index (Phi) is 6.69. The molecule has 1 aliphatic rings. The van der Waals surface area contributed by atoms with Crippen molar-refractivity contribution in [3.8, 4) is 0 Å². The summed E-state index contributed by atoms with van der Waals surface area (Å²) in [5.74, 6) is -0.192. The Balaban J connectivity index is 1.59. The van der Waals surface area contributed by atoms with Gasteiger partial charge in [0, 0.05) is 37.2 Å². The average molecular weight is 459 g/mol. The van der Waals surface area contributed by atoms with Gasteiger partial charge in [-0.05, 0) is 42.9 Å². The SMILES string of the molecule is O=C(Nc1nccs1)C(CC1CCOCC1)c1ccc(S(=O)(=O)c2cncnc2)cc1. The van der Waals surface area contributed by atoms with E-state index in [-0.39, 0.29) is 15.7 Å². The van der Waals surface area contributed by atoms with Crippen LogP contribution in [0.3, 0.4) is 0 Å². The quantitative estimate of drug-likeness (QED) is 0.578. The molecule has 3 heterocycles. The number of hydrogen-bond acceptors (Lipinski definition) is 8. The van der Waals surface area contributed by atoms with Gasteiger partial charge in [0.15, 0.2) is 5.13 Å². The first-order chi connectivity index (χ1) is 15.0. The van der Waals surface area contributed by atoms with Crippen LogP contribution in [0.25, 0.3) is 0 Å². The van der Waals surface area contributed by atoms with Gasteiger partial charge in [0.25, 0.3) is 0 Å². The standard InChI is InChI=1S/C21H22N4O4S2/c26-20(25-21-24-7-10-30-21)19(11-15-5-8-29-9-6-15)16-1-3-17(4-2-16)31(27,28)18-12-22-14-23-13-18/h1-4,7,10,12-15,19H,5-6,8-9,11H2,(H,24,25,26). The first-order valence-corrected chi connectivity index (χ1v) is 12.3. The molecule has 0 spiro atoms. The van der Waals surface area contributed by atoms with E-state index in [2.05, 4.69) is 20.3 Å². The highest BCUT2D eigenvalue weighted by molar-refractivity contribution is 7.91. The van der Waals surface area contributed by atoms with E-state index in [1.165, 1.54) is 42.2 Å². The van der Waals surface area contributed by atoms with Crippen molar-refractivity contribution in [1.82, 2.24) is 15.0 Å². The fraction of sp³-hybridized carbons (Fsp3) is 0.333. The maximum Gasteiger partial charge on any atom is 0.233 e. The zero-order chi connectivity index (χ0) is 21.7. The molecular formula is C21H22N4O4S2. The van der Waals surface area contributed by atoms with E-state index in [1.54, 1.807) is 23.7 Å². The molecule has 1 saturated heterocycles. The molecular weight excluding hydrogens is 436 g/mol. The number of rotatable bonds is 7. The number of carbonyl (C=O) groups is 1. The lowest BCUT2D eigenvalue weighted by atomic mass is 9.84. The molecule has 1 N–H and O–H groups in total. The van der Waals surface area contributed by atoms with E-state index in [9.17, 15) is 13.2 Å². The maximum atomic E-state index is 13.1. The lowest BCUT2D eigenvalue weighted by Crippen LogP contribution is -2.26. The molecule has 0 radical (unpaired) electrons. The van der Waals surface area contributed by atoms with E-state index in [0.29, 0.717) is 30.7 Å². The van der Waals surface area contributed by atoms with Gasteiger partial charge in [0.2, 0.25) is 15.7 Å². The smallest absolute Gasteiger partial charge is 0.233 e. The lowest BCUT2D eigenvalue weighted by molar-refractivity contribution is -0.118. The molecule has 4 rings (SSSR count). The first kappa shape index (κ1) is 21.5. The molecule has 10 heteroatoms. The van der Waals surface area contributed by atoms with Crippen molar-refractivity contribution in [2.45, 2.75) is 35.0 Å². The van der Waals surface area contributed by atoms with Gasteiger partial charge in [0.1, 0.15) is 11.2 Å². The van der Waals surface area contributed by atoms with Crippen molar-refractivity contribution < 1.29 is 17.9 Å². The van der Waals surface area contributed by atoms with Crippen LogP contribution in [0.5, 0.6) is 0 Å². The number of benzene rings is 1. The summed E-state index contributed by atoms with van der Waals surface area (Å²) in [4.78, 5) is 25.0. The number of sulfone groups is 1. The van der Waals surface area contributed by atoms with Crippen LogP contribution < -0.4 is 5.32 Å². The molecule has 1 aromatic carbocycles. The van der Waals surface area contributed by atoms with Gasteiger partial charge in [-0.2, -0.15) is 0 Å². The van der Waals surface area contributed by atoms with Crippen LogP contribution in [0.4, 0.5) is 5.13 Å². The molecule has 8 nitrogen and oxygen atoms in total. The van der Waals surface area contributed by atoms with Crippen LogP contribution in [-0.4, -0.2) is 42.5 Å². The summed E-state index contributed by atoms with van der Waals surface area (Å²) < 4.78 is 31.0. The number of nitrogens with zero attached hydrogens (tertiary/aromatic N) is 3. The number of ether oxygens (including phenoxy) is 1. The van der Waals surface area contributed by atoms with Crippen LogP contribution in [0.2, 0.25) is 0 Å². The lowest BCUT2D eigenvalue weighted by Gasteiger charge is -2.26. The third kappa shape index (κ3) is 5.15. The van der Waals surface area contributed by atoms with Crippen LogP contribution in [0.15, 0.2) is 64.4 Å². The minimum atomic E-state index is -3.72. The van der Waals surface area contributed by atoms with E-state index >= 15 is 0 Å². The van der Waals surface area contributed by atoms with E-state index in [0.717, 1.165) is 18.4 Å². The van der Waals surface area contributed by atoms with Crippen molar-refractivity contribution >= 4 is 32.2 Å². The van der Waals surface area contributed by atoms with Gasteiger partial charge >= 0.3 is 0 Å². The second-order valence-electron chi connectivity index (χ2n) is 7.32. The highest BCUT2D eigenvalue weighted by Gasteiger charge is 2.27. The van der Waals surface area contributed by atoms with Crippen molar-refractivity contribution in [3.05, 3.63) is 60.1 Å². The molecule has 0 saturated carbocycles. The fourth-order valence-corrected chi connectivity index (χ4v) is 5.32. The molecule has 1 atom stereocenters. The summed E-state index contributed by atoms with van der Waals surface area (Å²) in [7, 11) is -3.72. The average Bonchev–Trinajstić information content (AvgIpc) is 3.32. The van der Waals surface area contributed by atoms with Crippen LogP contribution in [0, 0.1) is 5.92 Å². The van der Waals surface area contributed by atoms with Gasteiger partial charge in [-0.1, -0.05) is 12.1 Å². The van der Waals surface area contributed by atoms with E-state index in [1.807, 2.05) is 0 Å². The molecule has 0 bridgehead atoms. The van der Waals surface area contributed by atoms with Gasteiger partial charge in [0.05, 0.1) is 10.8 Å². The number of carbonyl (C=O) groups excluding carboxylic acids is 1. The Hall–Kier alpha value is -2.69.